The molecule has 2 unspecified atom stereocenters. The van der Waals surface area contributed by atoms with Crippen molar-refractivity contribution in [1.82, 2.24) is 20.4 Å². The van der Waals surface area contributed by atoms with E-state index in [0.717, 1.165) is 45.1 Å². The number of halogens is 1. The molecule has 6 nitrogen and oxygen atoms in total. The van der Waals surface area contributed by atoms with Gasteiger partial charge in [-0.1, -0.05) is 31.2 Å². The lowest BCUT2D eigenvalue weighted by Crippen LogP contribution is -2.45. The van der Waals surface area contributed by atoms with Gasteiger partial charge in [0.25, 0.3) is 0 Å². The Morgan fingerprint density at radius 2 is 2.00 bits per heavy atom. The first-order chi connectivity index (χ1) is 13.7. The molecular weight excluding hydrogens is 477 g/mol. The van der Waals surface area contributed by atoms with Gasteiger partial charge in [-0.15, -0.1) is 24.0 Å². The molecule has 7 heteroatoms. The van der Waals surface area contributed by atoms with Crippen LogP contribution in [0.25, 0.3) is 0 Å². The molecule has 0 bridgehead atoms. The van der Waals surface area contributed by atoms with Gasteiger partial charge in [0.1, 0.15) is 0 Å². The van der Waals surface area contributed by atoms with Crippen LogP contribution in [-0.2, 0) is 13.0 Å². The Morgan fingerprint density at radius 3 is 2.76 bits per heavy atom. The average molecular weight is 515 g/mol. The molecule has 2 aliphatic rings. The maximum atomic E-state index is 10.5. The zero-order valence-electron chi connectivity index (χ0n) is 17.9. The number of hydrogen-bond donors (Lipinski definition) is 3. The predicted octanol–water partition coefficient (Wildman–Crippen LogP) is 2.06. The number of aliphatic imine (C=N–C) groups is 1. The Morgan fingerprint density at radius 1 is 1.21 bits per heavy atom. The summed E-state index contributed by atoms with van der Waals surface area (Å²) < 4.78 is 0. The number of aliphatic hydroxyl groups excluding tert-OH is 1. The molecule has 29 heavy (non-hydrogen) atoms. The lowest BCUT2D eigenvalue weighted by molar-refractivity contribution is 0.111. The van der Waals surface area contributed by atoms with Crippen molar-refractivity contribution in [3.63, 3.8) is 0 Å². The molecule has 0 amide bonds. The highest BCUT2D eigenvalue weighted by molar-refractivity contribution is 14.0. The molecule has 164 valence electrons. The Bertz CT molecular complexity index is 641. The molecule has 2 atom stereocenters. The molecule has 0 aliphatic carbocycles. The van der Waals surface area contributed by atoms with Crippen LogP contribution in [0.15, 0.2) is 29.3 Å². The fraction of sp³-hybridized carbons (Fsp3) is 0.682. The second-order valence-corrected chi connectivity index (χ2v) is 7.93. The molecule has 1 aromatic rings. The van der Waals surface area contributed by atoms with Gasteiger partial charge >= 0.3 is 0 Å². The molecule has 0 aromatic heterocycles. The van der Waals surface area contributed by atoms with Crippen molar-refractivity contribution in [2.45, 2.75) is 51.8 Å². The molecule has 0 radical (unpaired) electrons. The number of hydrogen-bond acceptors (Lipinski definition) is 4. The molecule has 3 rings (SSSR count). The first-order valence-corrected chi connectivity index (χ1v) is 10.9. The summed E-state index contributed by atoms with van der Waals surface area (Å²) in [5, 5.41) is 17.3. The topological polar surface area (TPSA) is 63.1 Å². The maximum Gasteiger partial charge on any atom is 0.191 e. The van der Waals surface area contributed by atoms with Crippen molar-refractivity contribution >= 4 is 29.9 Å². The average Bonchev–Trinajstić information content (AvgIpc) is 3.17. The van der Waals surface area contributed by atoms with Crippen molar-refractivity contribution in [3.8, 4) is 0 Å². The van der Waals surface area contributed by atoms with Crippen LogP contribution in [0.4, 0.5) is 0 Å². The first kappa shape index (κ1) is 24.4. The number of likely N-dealkylation sites (tertiary alicyclic amines) is 1. The number of fused-ring (bicyclic) bond motifs is 1. The number of rotatable bonds is 8. The van der Waals surface area contributed by atoms with E-state index in [4.69, 9.17) is 0 Å². The molecule has 1 aromatic carbocycles. The van der Waals surface area contributed by atoms with E-state index in [-0.39, 0.29) is 24.0 Å². The first-order valence-electron chi connectivity index (χ1n) is 10.9. The zero-order chi connectivity index (χ0) is 19.8. The predicted molar refractivity (Wildman–Crippen MR) is 131 cm³/mol. The minimum Gasteiger partial charge on any atom is -0.390 e. The highest BCUT2D eigenvalue weighted by Crippen LogP contribution is 2.18. The molecule has 3 N–H and O–H groups in total. The molecule has 0 spiro atoms. The van der Waals surface area contributed by atoms with Gasteiger partial charge in [-0.2, -0.15) is 0 Å². The highest BCUT2D eigenvalue weighted by atomic mass is 127. The number of likely N-dealkylation sites (N-methyl/N-ethyl adjacent to an activating group) is 1. The lowest BCUT2D eigenvalue weighted by Gasteiger charge is -2.30. The van der Waals surface area contributed by atoms with Gasteiger partial charge in [-0.3, -0.25) is 14.8 Å². The van der Waals surface area contributed by atoms with Gasteiger partial charge in [-0.25, -0.2) is 0 Å². The van der Waals surface area contributed by atoms with Crippen LogP contribution >= 0.6 is 24.0 Å². The second-order valence-electron chi connectivity index (χ2n) is 7.93. The summed E-state index contributed by atoms with van der Waals surface area (Å²) in [6.45, 7) is 11.4. The van der Waals surface area contributed by atoms with E-state index < -0.39 is 6.10 Å². The Kier molecular flexibility index (Phi) is 10.7. The van der Waals surface area contributed by atoms with Crippen molar-refractivity contribution in [3.05, 3.63) is 35.4 Å². The smallest absolute Gasteiger partial charge is 0.191 e. The monoisotopic (exact) mass is 515 g/mol. The van der Waals surface area contributed by atoms with E-state index in [0.29, 0.717) is 19.1 Å². The summed E-state index contributed by atoms with van der Waals surface area (Å²) in [5.74, 6) is 0.813. The van der Waals surface area contributed by atoms with Crippen LogP contribution in [0, 0.1) is 0 Å². The Balaban J connectivity index is 0.00000300. The molecular formula is C22H38IN5O. The SMILES string of the molecule is CCNC(=NCC(O)CN1CCc2ccccc2C1)NCC1CCCN1CC.I. The minimum atomic E-state index is -0.445. The van der Waals surface area contributed by atoms with Crippen molar-refractivity contribution < 1.29 is 5.11 Å². The van der Waals surface area contributed by atoms with Gasteiger partial charge in [0.05, 0.1) is 12.6 Å². The molecule has 0 saturated carbocycles. The number of nitrogens with zero attached hydrogens (tertiary/aromatic N) is 3. The Hall–Kier alpha value is -0.900. The quantitative estimate of drug-likeness (QED) is 0.281. The Labute approximate surface area is 193 Å². The van der Waals surface area contributed by atoms with E-state index in [1.807, 2.05) is 0 Å². The fourth-order valence-corrected chi connectivity index (χ4v) is 4.36. The number of guanidine groups is 1. The third-order valence-electron chi connectivity index (χ3n) is 5.89. The zero-order valence-corrected chi connectivity index (χ0v) is 20.3. The van der Waals surface area contributed by atoms with Crippen LogP contribution in [-0.4, -0.2) is 78.8 Å². The van der Waals surface area contributed by atoms with Crippen LogP contribution in [0.5, 0.6) is 0 Å². The van der Waals surface area contributed by atoms with Crippen molar-refractivity contribution in [2.24, 2.45) is 4.99 Å². The normalized spacial score (nSPS) is 21.3. The number of β-amino-alcohol motifs (C(OH)–C–C–N with tert-alkyl or cyclic N) is 1. The van der Waals surface area contributed by atoms with Crippen LogP contribution in [0.2, 0.25) is 0 Å². The summed E-state index contributed by atoms with van der Waals surface area (Å²) >= 11 is 0. The van der Waals surface area contributed by atoms with Crippen molar-refractivity contribution in [1.29, 1.82) is 0 Å². The third kappa shape index (κ3) is 7.38. The molecule has 2 heterocycles. The van der Waals surface area contributed by atoms with Gasteiger partial charge < -0.3 is 15.7 Å². The standard InChI is InChI=1S/C22H37N5O.HI/c1-3-23-22(24-14-20-10-7-12-27(20)4-2)25-15-21(28)17-26-13-11-18-8-5-6-9-19(18)16-26;/h5-6,8-9,20-21,28H,3-4,7,10-17H2,1-2H3,(H2,23,24,25);1H. The van der Waals surface area contributed by atoms with E-state index in [9.17, 15) is 5.11 Å². The van der Waals surface area contributed by atoms with Crippen LogP contribution < -0.4 is 10.6 Å². The number of benzene rings is 1. The highest BCUT2D eigenvalue weighted by Gasteiger charge is 2.23. The van der Waals surface area contributed by atoms with E-state index in [1.165, 1.54) is 30.5 Å². The second kappa shape index (κ2) is 12.7. The maximum absolute atomic E-state index is 10.5. The summed E-state index contributed by atoms with van der Waals surface area (Å²) in [5.41, 5.74) is 2.83. The number of aliphatic hydroxyl groups is 1. The lowest BCUT2D eigenvalue weighted by atomic mass is 10.00. The summed E-state index contributed by atoms with van der Waals surface area (Å²) in [6.07, 6.45) is 3.15. The van der Waals surface area contributed by atoms with Crippen LogP contribution in [0.1, 0.15) is 37.8 Å². The van der Waals surface area contributed by atoms with E-state index >= 15 is 0 Å². The van der Waals surface area contributed by atoms with Gasteiger partial charge in [0, 0.05) is 38.8 Å². The minimum absolute atomic E-state index is 0. The van der Waals surface area contributed by atoms with Gasteiger partial charge in [-0.05, 0) is 50.4 Å². The number of nitrogens with one attached hydrogen (secondary N) is 2. The van der Waals surface area contributed by atoms with E-state index in [2.05, 4.69) is 63.5 Å². The molecule has 2 aliphatic heterocycles. The summed E-state index contributed by atoms with van der Waals surface area (Å²) in [7, 11) is 0. The summed E-state index contributed by atoms with van der Waals surface area (Å²) in [4.78, 5) is 9.50. The molecule has 1 fully saturated rings. The fourth-order valence-electron chi connectivity index (χ4n) is 4.36. The molecule has 1 saturated heterocycles. The van der Waals surface area contributed by atoms with Crippen molar-refractivity contribution in [2.75, 3.05) is 45.8 Å². The van der Waals surface area contributed by atoms with E-state index in [1.54, 1.807) is 0 Å². The van der Waals surface area contributed by atoms with Crippen LogP contribution in [0.3, 0.4) is 0 Å². The van der Waals surface area contributed by atoms with Gasteiger partial charge in [0.2, 0.25) is 0 Å². The third-order valence-corrected chi connectivity index (χ3v) is 5.89. The van der Waals surface area contributed by atoms with Gasteiger partial charge in [0.15, 0.2) is 5.96 Å². The summed E-state index contributed by atoms with van der Waals surface area (Å²) in [6, 6.07) is 9.21. The largest absolute Gasteiger partial charge is 0.390 e.